The largest absolute Gasteiger partial charge is 0.467 e. The highest BCUT2D eigenvalue weighted by Gasteiger charge is 2.12. The van der Waals surface area contributed by atoms with Crippen LogP contribution >= 0.6 is 27.5 Å². The van der Waals surface area contributed by atoms with E-state index in [-0.39, 0.29) is 6.79 Å². The zero-order valence-electron chi connectivity index (χ0n) is 12.6. The summed E-state index contributed by atoms with van der Waals surface area (Å²) in [5.41, 5.74) is 0. The summed E-state index contributed by atoms with van der Waals surface area (Å²) in [6.45, 7) is 8.05. The number of rotatable bonds is 6. The molecule has 0 atom stereocenters. The van der Waals surface area contributed by atoms with Gasteiger partial charge in [0.05, 0.1) is 0 Å². The average molecular weight is 388 g/mol. The van der Waals surface area contributed by atoms with Gasteiger partial charge in [-0.15, -0.1) is 0 Å². The second kappa shape index (κ2) is 7.14. The third kappa shape index (κ3) is 4.99. The van der Waals surface area contributed by atoms with E-state index < -0.39 is 8.07 Å². The summed E-state index contributed by atoms with van der Waals surface area (Å²) < 4.78 is 12.2. The number of hydrogen-bond donors (Lipinski definition) is 0. The van der Waals surface area contributed by atoms with Crippen LogP contribution in [0.4, 0.5) is 0 Å². The predicted molar refractivity (Wildman–Crippen MR) is 96.3 cm³/mol. The first-order valence-corrected chi connectivity index (χ1v) is 11.8. The number of benzene rings is 2. The second-order valence-electron chi connectivity index (χ2n) is 6.22. The van der Waals surface area contributed by atoms with Gasteiger partial charge in [-0.1, -0.05) is 43.4 Å². The molecule has 0 aromatic heterocycles. The fourth-order valence-corrected chi connectivity index (χ4v) is 3.76. The minimum atomic E-state index is -1.04. The number of ether oxygens (including phenoxy) is 2. The fourth-order valence-electron chi connectivity index (χ4n) is 1.94. The molecule has 0 radical (unpaired) electrons. The van der Waals surface area contributed by atoms with E-state index >= 15 is 0 Å². The Hall–Kier alpha value is -0.553. The molecule has 0 heterocycles. The summed E-state index contributed by atoms with van der Waals surface area (Å²) in [7, 11) is -1.04. The number of halogens is 2. The first kappa shape index (κ1) is 16.8. The Morgan fingerprint density at radius 1 is 1.19 bits per heavy atom. The van der Waals surface area contributed by atoms with Gasteiger partial charge in [-0.05, 0) is 45.6 Å². The predicted octanol–water partition coefficient (Wildman–Crippen LogP) is 5.95. The maximum atomic E-state index is 6.21. The maximum Gasteiger partial charge on any atom is 0.189 e. The highest BCUT2D eigenvalue weighted by Crippen LogP contribution is 2.34. The van der Waals surface area contributed by atoms with E-state index in [1.165, 1.54) is 0 Å². The van der Waals surface area contributed by atoms with E-state index in [2.05, 4.69) is 35.6 Å². The molecular weight excluding hydrogens is 368 g/mol. The van der Waals surface area contributed by atoms with Crippen molar-refractivity contribution in [1.29, 1.82) is 0 Å². The molecule has 0 saturated carbocycles. The van der Waals surface area contributed by atoms with E-state index in [4.69, 9.17) is 21.1 Å². The molecule has 0 aliphatic carbocycles. The zero-order chi connectivity index (χ0) is 15.5. The van der Waals surface area contributed by atoms with E-state index in [1.54, 1.807) is 0 Å². The lowest BCUT2D eigenvalue weighted by Gasteiger charge is -2.15. The third-order valence-electron chi connectivity index (χ3n) is 3.16. The Kier molecular flexibility index (Phi) is 5.71. The summed E-state index contributed by atoms with van der Waals surface area (Å²) in [4.78, 5) is 0. The Labute approximate surface area is 140 Å². The summed E-state index contributed by atoms with van der Waals surface area (Å²) >= 11 is 9.76. The molecule has 0 saturated heterocycles. The molecule has 2 rings (SSSR count). The number of fused-ring (bicyclic) bond motifs is 1. The minimum absolute atomic E-state index is 0.281. The Morgan fingerprint density at radius 3 is 2.67 bits per heavy atom. The normalized spacial score (nSPS) is 11.9. The van der Waals surface area contributed by atoms with Crippen LogP contribution in [0.1, 0.15) is 0 Å². The third-order valence-corrected chi connectivity index (χ3v) is 5.80. The smallest absolute Gasteiger partial charge is 0.189 e. The van der Waals surface area contributed by atoms with Gasteiger partial charge in [-0.2, -0.15) is 0 Å². The van der Waals surface area contributed by atoms with Crippen LogP contribution in [-0.2, 0) is 4.74 Å². The fraction of sp³-hybridized carbons (Fsp3) is 0.375. The molecule has 2 aromatic rings. The van der Waals surface area contributed by atoms with Gasteiger partial charge in [-0.3, -0.25) is 0 Å². The lowest BCUT2D eigenvalue weighted by molar-refractivity contribution is 0.0221. The van der Waals surface area contributed by atoms with Crippen LogP contribution in [0, 0.1) is 0 Å². The van der Waals surface area contributed by atoms with Crippen LogP contribution in [0.3, 0.4) is 0 Å². The maximum absolute atomic E-state index is 6.21. The topological polar surface area (TPSA) is 18.5 Å². The van der Waals surface area contributed by atoms with Crippen molar-refractivity contribution in [1.82, 2.24) is 0 Å². The molecule has 114 valence electrons. The van der Waals surface area contributed by atoms with Crippen LogP contribution in [0.15, 0.2) is 34.8 Å². The molecule has 5 heteroatoms. The monoisotopic (exact) mass is 386 g/mol. The molecule has 0 aliphatic rings. The molecule has 0 amide bonds. The van der Waals surface area contributed by atoms with E-state index in [1.807, 2.05) is 30.3 Å². The summed E-state index contributed by atoms with van der Waals surface area (Å²) in [6.07, 6.45) is 0. The summed E-state index contributed by atoms with van der Waals surface area (Å²) in [5, 5.41) is 2.79. The van der Waals surface area contributed by atoms with Crippen molar-refractivity contribution in [2.75, 3.05) is 13.4 Å². The summed E-state index contributed by atoms with van der Waals surface area (Å²) in [5.74, 6) is 0.782. The molecule has 2 aromatic carbocycles. The minimum Gasteiger partial charge on any atom is -0.467 e. The molecule has 0 spiro atoms. The zero-order valence-corrected chi connectivity index (χ0v) is 15.9. The van der Waals surface area contributed by atoms with Crippen LogP contribution in [0.2, 0.25) is 30.7 Å². The first-order chi connectivity index (χ1) is 9.87. The van der Waals surface area contributed by atoms with E-state index in [9.17, 15) is 0 Å². The quantitative estimate of drug-likeness (QED) is 0.346. The number of hydrogen-bond acceptors (Lipinski definition) is 2. The Morgan fingerprint density at radius 2 is 1.95 bits per heavy atom. The molecule has 2 nitrogen and oxygen atoms in total. The lowest BCUT2D eigenvalue weighted by Crippen LogP contribution is -2.22. The molecule has 0 N–H and O–H groups in total. The van der Waals surface area contributed by atoms with Gasteiger partial charge >= 0.3 is 0 Å². The standard InChI is InChI=1S/C16H20BrClO2Si/c1-21(2,3)8-7-19-11-20-13-9-12-5-4-6-15(18)16(12)14(17)10-13/h4-6,9-10H,7-8,11H2,1-3H3. The van der Waals surface area contributed by atoms with Crippen LogP contribution in [0.25, 0.3) is 10.8 Å². The molecule has 0 unspecified atom stereocenters. The van der Waals surface area contributed by atoms with Gasteiger partial charge < -0.3 is 9.47 Å². The van der Waals surface area contributed by atoms with Crippen LogP contribution in [0.5, 0.6) is 5.75 Å². The molecule has 0 fully saturated rings. The van der Waals surface area contributed by atoms with Crippen molar-refractivity contribution < 1.29 is 9.47 Å². The highest BCUT2D eigenvalue weighted by molar-refractivity contribution is 9.10. The molecule has 21 heavy (non-hydrogen) atoms. The van der Waals surface area contributed by atoms with Crippen molar-refractivity contribution in [2.45, 2.75) is 25.7 Å². The van der Waals surface area contributed by atoms with Gasteiger partial charge in [0.25, 0.3) is 0 Å². The van der Waals surface area contributed by atoms with Gasteiger partial charge in [0.2, 0.25) is 0 Å². The van der Waals surface area contributed by atoms with Crippen molar-refractivity contribution in [3.8, 4) is 5.75 Å². The highest BCUT2D eigenvalue weighted by atomic mass is 79.9. The van der Waals surface area contributed by atoms with Crippen molar-refractivity contribution >= 4 is 46.4 Å². The van der Waals surface area contributed by atoms with Crippen molar-refractivity contribution in [2.24, 2.45) is 0 Å². The van der Waals surface area contributed by atoms with Gasteiger partial charge in [0.1, 0.15) is 5.75 Å². The van der Waals surface area contributed by atoms with Gasteiger partial charge in [-0.25, -0.2) is 0 Å². The lowest BCUT2D eigenvalue weighted by atomic mass is 10.1. The SMILES string of the molecule is C[Si](C)(C)CCOCOc1cc(Br)c2c(Cl)cccc2c1. The van der Waals surface area contributed by atoms with Gasteiger partial charge in [0.15, 0.2) is 6.79 Å². The molecule has 0 bridgehead atoms. The second-order valence-corrected chi connectivity index (χ2v) is 13.1. The van der Waals surface area contributed by atoms with E-state index in [0.717, 1.165) is 38.7 Å². The van der Waals surface area contributed by atoms with Crippen molar-refractivity contribution in [3.63, 3.8) is 0 Å². The van der Waals surface area contributed by atoms with Gasteiger partial charge in [0, 0.05) is 29.6 Å². The Bertz CT molecular complexity index is 625. The average Bonchev–Trinajstić information content (AvgIpc) is 2.36. The van der Waals surface area contributed by atoms with E-state index in [0.29, 0.717) is 0 Å². The van der Waals surface area contributed by atoms with Crippen molar-refractivity contribution in [3.05, 3.63) is 39.8 Å². The molecular formula is C16H20BrClO2Si. The van der Waals surface area contributed by atoms with Crippen LogP contribution < -0.4 is 4.74 Å². The Balaban J connectivity index is 1.97. The first-order valence-electron chi connectivity index (χ1n) is 6.95. The summed E-state index contributed by atoms with van der Waals surface area (Å²) in [6, 6.07) is 10.9. The van der Waals surface area contributed by atoms with Crippen LogP contribution in [-0.4, -0.2) is 21.5 Å². The molecule has 0 aliphatic heterocycles.